The van der Waals surface area contributed by atoms with Crippen molar-refractivity contribution in [2.24, 2.45) is 4.99 Å². The number of benzene rings is 2. The Balaban J connectivity index is 1.87. The molecule has 7 nitrogen and oxygen atoms in total. The highest BCUT2D eigenvalue weighted by Gasteiger charge is 2.33. The van der Waals surface area contributed by atoms with E-state index in [0.29, 0.717) is 38.7 Å². The number of carbonyl (C=O) groups excluding carboxylic acids is 1. The predicted octanol–water partition coefficient (Wildman–Crippen LogP) is 4.13. The lowest BCUT2D eigenvalue weighted by Crippen LogP contribution is -2.39. The number of carbonyl (C=O) groups is 1. The van der Waals surface area contributed by atoms with Crippen LogP contribution in [0.4, 0.5) is 0 Å². The molecule has 0 saturated carbocycles. The summed E-state index contributed by atoms with van der Waals surface area (Å²) in [6.07, 6.45) is 3.44. The molecule has 1 atom stereocenters. The molecule has 1 aromatic heterocycles. The number of hydrogen-bond acceptors (Lipinski definition) is 7. The zero-order valence-corrected chi connectivity index (χ0v) is 22.5. The largest absolute Gasteiger partial charge is 0.493 e. The highest BCUT2D eigenvalue weighted by molar-refractivity contribution is 9.10. The summed E-state index contributed by atoms with van der Waals surface area (Å²) >= 11 is 4.72. The number of nitrogens with zero attached hydrogens (tertiary/aromatic N) is 2. The monoisotopic (exact) mass is 568 g/mol. The Labute approximate surface area is 220 Å². The van der Waals surface area contributed by atoms with Gasteiger partial charge in [0.25, 0.3) is 5.56 Å². The molecule has 0 aliphatic carbocycles. The van der Waals surface area contributed by atoms with Crippen molar-refractivity contribution in [3.8, 4) is 11.5 Å². The fraction of sp³-hybridized carbons (Fsp3) is 0.222. The van der Waals surface area contributed by atoms with Crippen molar-refractivity contribution < 1.29 is 19.0 Å². The third-order valence-corrected chi connectivity index (χ3v) is 7.06. The van der Waals surface area contributed by atoms with Crippen molar-refractivity contribution in [3.05, 3.63) is 102 Å². The first-order valence-corrected chi connectivity index (χ1v) is 12.9. The lowest BCUT2D eigenvalue weighted by Gasteiger charge is -2.24. The van der Waals surface area contributed by atoms with Gasteiger partial charge >= 0.3 is 5.97 Å². The molecule has 3 aromatic rings. The van der Waals surface area contributed by atoms with Crippen molar-refractivity contribution >= 4 is 39.3 Å². The topological polar surface area (TPSA) is 79.1 Å². The molecule has 2 heterocycles. The first-order valence-electron chi connectivity index (χ1n) is 11.2. The number of ether oxygens (including phenoxy) is 3. The van der Waals surface area contributed by atoms with E-state index in [2.05, 4.69) is 27.5 Å². The second-order valence-corrected chi connectivity index (χ2v) is 9.79. The average molecular weight is 569 g/mol. The van der Waals surface area contributed by atoms with E-state index < -0.39 is 12.0 Å². The number of esters is 1. The third-order valence-electron chi connectivity index (χ3n) is 5.54. The normalized spacial score (nSPS) is 15.2. The molecule has 0 bridgehead atoms. The number of halogens is 1. The van der Waals surface area contributed by atoms with Crippen molar-refractivity contribution in [3.63, 3.8) is 0 Å². The van der Waals surface area contributed by atoms with Crippen LogP contribution in [0.5, 0.6) is 11.5 Å². The lowest BCUT2D eigenvalue weighted by molar-refractivity contribution is -0.139. The first kappa shape index (κ1) is 25.7. The van der Waals surface area contributed by atoms with Crippen molar-refractivity contribution in [1.82, 2.24) is 4.57 Å². The quantitative estimate of drug-likeness (QED) is 0.301. The van der Waals surface area contributed by atoms with Crippen LogP contribution in [0.15, 0.2) is 80.6 Å². The average Bonchev–Trinajstić information content (AvgIpc) is 3.17. The van der Waals surface area contributed by atoms with Gasteiger partial charge in [0.2, 0.25) is 0 Å². The molecular formula is C27H25BrN2O5S. The van der Waals surface area contributed by atoms with Gasteiger partial charge in [0, 0.05) is 4.47 Å². The van der Waals surface area contributed by atoms with Crippen LogP contribution in [0, 0.1) is 0 Å². The summed E-state index contributed by atoms with van der Waals surface area (Å²) in [6.45, 7) is 7.75. The number of methoxy groups -OCH3 is 1. The molecule has 4 rings (SSSR count). The molecule has 0 amide bonds. The molecule has 0 N–H and O–H groups in total. The van der Waals surface area contributed by atoms with E-state index in [1.54, 1.807) is 49.8 Å². The van der Waals surface area contributed by atoms with E-state index in [-0.39, 0.29) is 12.2 Å². The maximum absolute atomic E-state index is 13.7. The van der Waals surface area contributed by atoms with Crippen LogP contribution in [0.1, 0.15) is 31.0 Å². The van der Waals surface area contributed by atoms with Crippen molar-refractivity contribution in [1.29, 1.82) is 0 Å². The van der Waals surface area contributed by atoms with Gasteiger partial charge in [-0.3, -0.25) is 9.36 Å². The smallest absolute Gasteiger partial charge is 0.338 e. The molecule has 9 heteroatoms. The summed E-state index contributed by atoms with van der Waals surface area (Å²) in [6, 6.07) is 12.3. The minimum Gasteiger partial charge on any atom is -0.493 e. The second kappa shape index (κ2) is 11.1. The van der Waals surface area contributed by atoms with Gasteiger partial charge in [-0.1, -0.05) is 58.1 Å². The number of hydrogen-bond donors (Lipinski definition) is 0. The molecule has 0 unspecified atom stereocenters. The predicted molar refractivity (Wildman–Crippen MR) is 143 cm³/mol. The van der Waals surface area contributed by atoms with Gasteiger partial charge in [-0.2, -0.15) is 0 Å². The van der Waals surface area contributed by atoms with E-state index in [9.17, 15) is 9.59 Å². The van der Waals surface area contributed by atoms with Gasteiger partial charge < -0.3 is 14.2 Å². The Bertz CT molecular complexity index is 1520. The van der Waals surface area contributed by atoms with Crippen LogP contribution < -0.4 is 24.4 Å². The molecule has 1 aliphatic rings. The second-order valence-electron chi connectivity index (χ2n) is 7.86. The number of aromatic nitrogens is 1. The summed E-state index contributed by atoms with van der Waals surface area (Å²) < 4.78 is 19.4. The van der Waals surface area contributed by atoms with Crippen LogP contribution in [-0.2, 0) is 9.53 Å². The number of thiazole rings is 1. The fourth-order valence-electron chi connectivity index (χ4n) is 3.95. The van der Waals surface area contributed by atoms with Gasteiger partial charge in [-0.05, 0) is 55.3 Å². The highest BCUT2D eigenvalue weighted by Crippen LogP contribution is 2.32. The Morgan fingerprint density at radius 1 is 1.22 bits per heavy atom. The molecular weight excluding hydrogens is 544 g/mol. The van der Waals surface area contributed by atoms with E-state index in [1.807, 2.05) is 30.3 Å². The number of fused-ring (bicyclic) bond motifs is 1. The lowest BCUT2D eigenvalue weighted by atomic mass is 9.96. The van der Waals surface area contributed by atoms with E-state index in [1.165, 1.54) is 11.3 Å². The van der Waals surface area contributed by atoms with Crippen molar-refractivity contribution in [2.45, 2.75) is 19.9 Å². The van der Waals surface area contributed by atoms with Crippen LogP contribution in [0.25, 0.3) is 6.08 Å². The van der Waals surface area contributed by atoms with Gasteiger partial charge in [-0.15, -0.1) is 0 Å². The Kier molecular flexibility index (Phi) is 7.91. The Hall–Kier alpha value is -3.43. The minimum atomic E-state index is -0.653. The zero-order valence-electron chi connectivity index (χ0n) is 20.1. The fourth-order valence-corrected chi connectivity index (χ4v) is 5.26. The van der Waals surface area contributed by atoms with Crippen LogP contribution in [-0.4, -0.2) is 30.9 Å². The molecule has 36 heavy (non-hydrogen) atoms. The first-order chi connectivity index (χ1) is 17.4. The summed E-state index contributed by atoms with van der Waals surface area (Å²) in [5, 5.41) is 0. The third kappa shape index (κ3) is 5.08. The van der Waals surface area contributed by atoms with Gasteiger partial charge in [0.1, 0.15) is 6.61 Å². The summed E-state index contributed by atoms with van der Waals surface area (Å²) in [5.74, 6) is 0.647. The van der Waals surface area contributed by atoms with Crippen LogP contribution in [0.2, 0.25) is 0 Å². The van der Waals surface area contributed by atoms with E-state index in [4.69, 9.17) is 14.2 Å². The number of rotatable bonds is 8. The summed E-state index contributed by atoms with van der Waals surface area (Å²) in [5.41, 5.74) is 2.19. The molecule has 1 aliphatic heterocycles. The standard InChI is InChI=1S/C27H25BrN2O5S/c1-5-13-35-20-12-7-17(14-21(20)33-4)15-22-25(31)30-24(18-8-10-19(28)11-9-18)23(26(32)34-6-2)16(3)29-27(30)36-22/h5,7-12,14-15,24H,1,6,13H2,2-4H3/b22-15-/t24-/m0/s1. The maximum Gasteiger partial charge on any atom is 0.338 e. The van der Waals surface area contributed by atoms with Crippen LogP contribution in [0.3, 0.4) is 0 Å². The Morgan fingerprint density at radius 2 is 1.97 bits per heavy atom. The number of allylic oxidation sites excluding steroid dienone is 1. The Morgan fingerprint density at radius 3 is 2.64 bits per heavy atom. The molecule has 2 aromatic carbocycles. The van der Waals surface area contributed by atoms with Gasteiger partial charge in [0.05, 0.1) is 35.6 Å². The molecule has 0 radical (unpaired) electrons. The van der Waals surface area contributed by atoms with E-state index >= 15 is 0 Å². The summed E-state index contributed by atoms with van der Waals surface area (Å²) in [4.78, 5) is 31.8. The molecule has 0 fully saturated rings. The van der Waals surface area contributed by atoms with Crippen molar-refractivity contribution in [2.75, 3.05) is 20.3 Å². The zero-order chi connectivity index (χ0) is 25.8. The molecule has 186 valence electrons. The van der Waals surface area contributed by atoms with E-state index in [0.717, 1.165) is 15.6 Å². The molecule has 0 spiro atoms. The summed E-state index contributed by atoms with van der Waals surface area (Å²) in [7, 11) is 1.56. The SMILES string of the molecule is C=CCOc1ccc(/C=c2\sc3n(c2=O)[C@@H](c2ccc(Br)cc2)C(C(=O)OCC)=C(C)N=3)cc1OC. The highest BCUT2D eigenvalue weighted by atomic mass is 79.9. The maximum atomic E-state index is 13.7. The van der Waals surface area contributed by atoms with Gasteiger partial charge in [0.15, 0.2) is 16.3 Å². The minimum absolute atomic E-state index is 0.224. The van der Waals surface area contributed by atoms with Gasteiger partial charge in [-0.25, -0.2) is 9.79 Å². The van der Waals surface area contributed by atoms with Crippen LogP contribution >= 0.6 is 27.3 Å². The molecule has 0 saturated heterocycles.